The number of carbonyl (C=O) groups excluding carboxylic acids is 1. The first kappa shape index (κ1) is 26.4. The number of halogens is 1. The smallest absolute Gasteiger partial charge is 0.410 e. The molecule has 37 heavy (non-hydrogen) atoms. The second kappa shape index (κ2) is 11.6. The number of hydrogen-bond acceptors (Lipinski definition) is 5. The number of nitrogens with two attached hydrogens (primary N) is 1. The van der Waals surface area contributed by atoms with Crippen molar-refractivity contribution in [2.45, 2.75) is 76.4 Å². The Morgan fingerprint density at radius 3 is 2.78 bits per heavy atom. The maximum Gasteiger partial charge on any atom is 0.410 e. The summed E-state index contributed by atoms with van der Waals surface area (Å²) in [5, 5.41) is 0. The van der Waals surface area contributed by atoms with Crippen molar-refractivity contribution in [3.05, 3.63) is 57.6 Å². The highest BCUT2D eigenvalue weighted by Crippen LogP contribution is 2.59. The van der Waals surface area contributed by atoms with Gasteiger partial charge >= 0.3 is 6.09 Å². The molecule has 0 radical (unpaired) electrons. The number of amides is 1. The van der Waals surface area contributed by atoms with Crippen LogP contribution in [0.1, 0.15) is 68.6 Å². The molecule has 1 saturated carbocycles. The summed E-state index contributed by atoms with van der Waals surface area (Å²) in [4.78, 5) is 15.4. The van der Waals surface area contributed by atoms with Crippen molar-refractivity contribution in [1.29, 1.82) is 0 Å². The molecule has 2 N–H and O–H groups in total. The number of nitrogens with zero attached hydrogens (tertiary/aromatic N) is 1. The maximum absolute atomic E-state index is 13.4. The van der Waals surface area contributed by atoms with Gasteiger partial charge in [0.05, 0.1) is 11.1 Å². The van der Waals surface area contributed by atoms with Crippen LogP contribution in [0.3, 0.4) is 0 Å². The Morgan fingerprint density at radius 2 is 2.00 bits per heavy atom. The average molecular weight is 572 g/mol. The summed E-state index contributed by atoms with van der Waals surface area (Å²) in [6.07, 6.45) is 8.34. The standard InChI is InChI=1S/C30H39BrN2O4/c1-2-3-16-35-26-19-24-22(27(31)28(26)36-17-14-32)18-25-23-11-7-8-12-30(23,24)13-15-33(25)29(34)37-20-21-9-5-4-6-10-21/h4-6,9-10,19,23,25H,2-3,7-8,11-18,20,32H2,1H3/t23-,25+,30+/m1/s1. The molecular weight excluding hydrogens is 532 g/mol. The van der Waals surface area contributed by atoms with Gasteiger partial charge in [-0.25, -0.2) is 4.79 Å². The molecule has 0 spiro atoms. The van der Waals surface area contributed by atoms with E-state index in [4.69, 9.17) is 19.9 Å². The van der Waals surface area contributed by atoms with Crippen molar-refractivity contribution in [3.8, 4) is 11.5 Å². The molecule has 6 nitrogen and oxygen atoms in total. The maximum atomic E-state index is 13.4. The third-order valence-electron chi connectivity index (χ3n) is 8.56. The van der Waals surface area contributed by atoms with E-state index in [9.17, 15) is 4.79 Å². The quantitative estimate of drug-likeness (QED) is 0.355. The van der Waals surface area contributed by atoms with Gasteiger partial charge in [-0.2, -0.15) is 0 Å². The Morgan fingerprint density at radius 1 is 1.16 bits per heavy atom. The monoisotopic (exact) mass is 570 g/mol. The zero-order valence-electron chi connectivity index (χ0n) is 21.8. The van der Waals surface area contributed by atoms with Gasteiger partial charge in [0.1, 0.15) is 13.2 Å². The molecule has 5 rings (SSSR count). The molecule has 2 fully saturated rings. The minimum atomic E-state index is -0.202. The molecule has 0 aromatic heterocycles. The van der Waals surface area contributed by atoms with Crippen LogP contribution in [-0.4, -0.2) is 43.3 Å². The van der Waals surface area contributed by atoms with Crippen LogP contribution in [0.2, 0.25) is 0 Å². The van der Waals surface area contributed by atoms with E-state index in [0.717, 1.165) is 66.6 Å². The van der Waals surface area contributed by atoms with Crippen LogP contribution in [0.25, 0.3) is 0 Å². The van der Waals surface area contributed by atoms with Crippen molar-refractivity contribution < 1.29 is 19.0 Å². The first-order valence-electron chi connectivity index (χ1n) is 13.9. The third-order valence-corrected chi connectivity index (χ3v) is 9.40. The lowest BCUT2D eigenvalue weighted by atomic mass is 9.52. The average Bonchev–Trinajstić information content (AvgIpc) is 2.93. The number of ether oxygens (including phenoxy) is 3. The number of hydrogen-bond donors (Lipinski definition) is 1. The van der Waals surface area contributed by atoms with Crippen LogP contribution in [-0.2, 0) is 23.2 Å². The second-order valence-electron chi connectivity index (χ2n) is 10.6. The molecule has 3 aliphatic rings. The number of carbonyl (C=O) groups is 1. The third kappa shape index (κ3) is 5.09. The van der Waals surface area contributed by atoms with Crippen LogP contribution < -0.4 is 15.2 Å². The molecule has 1 heterocycles. The van der Waals surface area contributed by atoms with Crippen LogP contribution in [0.5, 0.6) is 11.5 Å². The molecule has 2 aromatic rings. The van der Waals surface area contributed by atoms with Crippen molar-refractivity contribution in [1.82, 2.24) is 4.90 Å². The first-order chi connectivity index (χ1) is 18.1. The number of benzene rings is 2. The lowest BCUT2D eigenvalue weighted by Crippen LogP contribution is -2.62. The van der Waals surface area contributed by atoms with Crippen LogP contribution in [0, 0.1) is 5.92 Å². The molecule has 3 atom stereocenters. The van der Waals surface area contributed by atoms with Gasteiger partial charge in [-0.15, -0.1) is 0 Å². The fourth-order valence-corrected chi connectivity index (χ4v) is 7.51. The van der Waals surface area contributed by atoms with Gasteiger partial charge in [0.25, 0.3) is 0 Å². The fourth-order valence-electron chi connectivity index (χ4n) is 6.82. The Bertz CT molecular complexity index is 1090. The van der Waals surface area contributed by atoms with Gasteiger partial charge in [-0.3, -0.25) is 0 Å². The van der Waals surface area contributed by atoms with Crippen molar-refractivity contribution >= 4 is 22.0 Å². The summed E-state index contributed by atoms with van der Waals surface area (Å²) in [6, 6.07) is 12.3. The summed E-state index contributed by atoms with van der Waals surface area (Å²) < 4.78 is 19.2. The number of unbranched alkanes of at least 4 members (excludes halogenated alkanes) is 1. The van der Waals surface area contributed by atoms with E-state index < -0.39 is 0 Å². The Balaban J connectivity index is 1.48. The number of piperidine rings is 1. The van der Waals surface area contributed by atoms with Gasteiger partial charge in [0.15, 0.2) is 11.5 Å². The molecule has 1 aliphatic heterocycles. The molecule has 7 heteroatoms. The first-order valence-corrected chi connectivity index (χ1v) is 14.7. The van der Waals surface area contributed by atoms with Gasteiger partial charge < -0.3 is 24.8 Å². The normalized spacial score (nSPS) is 24.1. The molecular formula is C30H39BrN2O4. The van der Waals surface area contributed by atoms with Crippen molar-refractivity contribution in [3.63, 3.8) is 0 Å². The lowest BCUT2D eigenvalue weighted by molar-refractivity contribution is -0.0139. The summed E-state index contributed by atoms with van der Waals surface area (Å²) in [5.41, 5.74) is 9.49. The zero-order valence-corrected chi connectivity index (χ0v) is 23.4. The van der Waals surface area contributed by atoms with E-state index in [1.54, 1.807) is 0 Å². The number of rotatable bonds is 9. The molecule has 1 saturated heterocycles. The zero-order chi connectivity index (χ0) is 25.8. The van der Waals surface area contributed by atoms with E-state index in [2.05, 4.69) is 28.9 Å². The SMILES string of the molecule is CCCCOc1cc2c(c(Br)c1OCCN)C[C@H]1[C@H]3CCCC[C@@]23CCN1C(=O)OCc1ccccc1. The van der Waals surface area contributed by atoms with E-state index in [1.165, 1.54) is 24.0 Å². The summed E-state index contributed by atoms with van der Waals surface area (Å²) in [6.45, 7) is 4.73. The van der Waals surface area contributed by atoms with Gasteiger partial charge in [-0.1, -0.05) is 56.5 Å². The molecule has 2 aromatic carbocycles. The van der Waals surface area contributed by atoms with E-state index in [0.29, 0.717) is 32.3 Å². The molecule has 0 unspecified atom stereocenters. The van der Waals surface area contributed by atoms with Crippen LogP contribution in [0.4, 0.5) is 4.79 Å². The highest BCUT2D eigenvalue weighted by molar-refractivity contribution is 9.10. The van der Waals surface area contributed by atoms with Gasteiger partial charge in [0, 0.05) is 24.5 Å². The largest absolute Gasteiger partial charge is 0.490 e. The fraction of sp³-hybridized carbons (Fsp3) is 0.567. The number of fused-ring (bicyclic) bond motifs is 1. The summed E-state index contributed by atoms with van der Waals surface area (Å²) >= 11 is 3.92. The van der Waals surface area contributed by atoms with E-state index in [-0.39, 0.29) is 17.6 Å². The van der Waals surface area contributed by atoms with Gasteiger partial charge in [-0.05, 0) is 76.7 Å². The predicted molar refractivity (Wildman–Crippen MR) is 148 cm³/mol. The van der Waals surface area contributed by atoms with Gasteiger partial charge in [0.2, 0.25) is 0 Å². The van der Waals surface area contributed by atoms with Crippen LogP contribution >= 0.6 is 15.9 Å². The highest BCUT2D eigenvalue weighted by Gasteiger charge is 2.56. The second-order valence-corrected chi connectivity index (χ2v) is 11.4. The molecule has 1 amide bonds. The minimum Gasteiger partial charge on any atom is -0.490 e. The summed E-state index contributed by atoms with van der Waals surface area (Å²) in [5.74, 6) is 1.98. The predicted octanol–water partition coefficient (Wildman–Crippen LogP) is 6.36. The van der Waals surface area contributed by atoms with Crippen LogP contribution in [0.15, 0.2) is 40.9 Å². The Kier molecular flexibility index (Phi) is 8.30. The van der Waals surface area contributed by atoms with E-state index in [1.807, 2.05) is 35.2 Å². The van der Waals surface area contributed by atoms with E-state index >= 15 is 0 Å². The lowest BCUT2D eigenvalue weighted by Gasteiger charge is -2.58. The highest BCUT2D eigenvalue weighted by atomic mass is 79.9. The number of likely N-dealkylation sites (tertiary alicyclic amines) is 1. The summed E-state index contributed by atoms with van der Waals surface area (Å²) in [7, 11) is 0. The van der Waals surface area contributed by atoms with Crippen molar-refractivity contribution in [2.75, 3.05) is 26.3 Å². The molecule has 200 valence electrons. The molecule has 2 bridgehead atoms. The van der Waals surface area contributed by atoms with Crippen molar-refractivity contribution in [2.24, 2.45) is 11.7 Å². The molecule has 2 aliphatic carbocycles. The Labute approximate surface area is 229 Å². The minimum absolute atomic E-state index is 0.0600. The topological polar surface area (TPSA) is 74.0 Å². The Hall–Kier alpha value is -2.25.